The van der Waals surface area contributed by atoms with E-state index in [1.807, 2.05) is 6.07 Å². The van der Waals surface area contributed by atoms with E-state index in [9.17, 15) is 0 Å². The second kappa shape index (κ2) is 9.38. The highest BCUT2D eigenvalue weighted by molar-refractivity contribution is 5.63. The fourth-order valence-electron chi connectivity index (χ4n) is 4.38. The molecule has 2 nitrogen and oxygen atoms in total. The largest absolute Gasteiger partial charge is 0.489 e. The molecule has 156 valence electrons. The number of hydrogen-bond donors (Lipinski definition) is 0. The summed E-state index contributed by atoms with van der Waals surface area (Å²) in [6, 6.07) is 25.8. The number of fused-ring (bicyclic) bond motifs is 1. The lowest BCUT2D eigenvalue weighted by Gasteiger charge is -2.34. The van der Waals surface area contributed by atoms with E-state index >= 15 is 0 Å². The van der Waals surface area contributed by atoms with E-state index < -0.39 is 0 Å². The van der Waals surface area contributed by atoms with Gasteiger partial charge in [-0.1, -0.05) is 80.9 Å². The van der Waals surface area contributed by atoms with Gasteiger partial charge in [-0.05, 0) is 53.0 Å². The van der Waals surface area contributed by atoms with E-state index in [-0.39, 0.29) is 0 Å². The minimum absolute atomic E-state index is 0.592. The van der Waals surface area contributed by atoms with Crippen molar-refractivity contribution in [1.29, 1.82) is 0 Å². The maximum absolute atomic E-state index is 6.13. The van der Waals surface area contributed by atoms with Crippen molar-refractivity contribution in [1.82, 2.24) is 0 Å². The maximum atomic E-state index is 6.13. The molecular weight excluding hydrogens is 366 g/mol. The number of nitrogens with zero attached hydrogens (tertiary/aromatic N) is 1. The molecular formula is C28H33NO. The topological polar surface area (TPSA) is 12.5 Å². The molecule has 0 bridgehead atoms. The second-order valence-electron chi connectivity index (χ2n) is 9.06. The molecule has 0 saturated heterocycles. The van der Waals surface area contributed by atoms with Crippen molar-refractivity contribution in [3.63, 3.8) is 0 Å². The summed E-state index contributed by atoms with van der Waals surface area (Å²) in [4.78, 5) is 2.41. The summed E-state index contributed by atoms with van der Waals surface area (Å²) >= 11 is 0. The number of rotatable bonds is 7. The average Bonchev–Trinajstić information content (AvgIpc) is 2.77. The molecule has 0 spiro atoms. The normalized spacial score (nSPS) is 15.9. The predicted octanol–water partition coefficient (Wildman–Crippen LogP) is 6.98. The Labute approximate surface area is 181 Å². The Hall–Kier alpha value is -2.74. The molecule has 0 saturated carbocycles. The Morgan fingerprint density at radius 2 is 1.67 bits per heavy atom. The molecule has 0 fully saturated rings. The standard InChI is InChI=1S/C28H33NO/c1-21(2)9-10-23-17-26-15-16-27(18-28(26)29(3)19-23)30-20-22-11-13-25(14-12-22)24-7-5-4-6-8-24/h4-8,11-16,18,21,23H,9-10,17,19-20H2,1-3H3. The second-order valence-corrected chi connectivity index (χ2v) is 9.06. The molecule has 0 amide bonds. The number of benzene rings is 3. The fourth-order valence-corrected chi connectivity index (χ4v) is 4.38. The van der Waals surface area contributed by atoms with E-state index in [1.54, 1.807) is 0 Å². The lowest BCUT2D eigenvalue weighted by atomic mass is 9.87. The SMILES string of the molecule is CC(C)CCC1Cc2ccc(OCc3ccc(-c4ccccc4)cc3)cc2N(C)C1. The highest BCUT2D eigenvalue weighted by atomic mass is 16.5. The highest BCUT2D eigenvalue weighted by Gasteiger charge is 2.22. The third kappa shape index (κ3) is 5.05. The van der Waals surface area contributed by atoms with Gasteiger partial charge in [-0.2, -0.15) is 0 Å². The van der Waals surface area contributed by atoms with Crippen molar-refractivity contribution < 1.29 is 4.74 Å². The molecule has 30 heavy (non-hydrogen) atoms. The summed E-state index contributed by atoms with van der Waals surface area (Å²) in [5, 5.41) is 0. The first-order valence-corrected chi connectivity index (χ1v) is 11.2. The molecule has 0 N–H and O–H groups in total. The van der Waals surface area contributed by atoms with Gasteiger partial charge in [-0.15, -0.1) is 0 Å². The van der Waals surface area contributed by atoms with Crippen molar-refractivity contribution >= 4 is 5.69 Å². The highest BCUT2D eigenvalue weighted by Crippen LogP contribution is 2.34. The van der Waals surface area contributed by atoms with Crippen LogP contribution < -0.4 is 9.64 Å². The Bertz CT molecular complexity index is 946. The first-order chi connectivity index (χ1) is 14.6. The van der Waals surface area contributed by atoms with Gasteiger partial charge in [0, 0.05) is 25.3 Å². The number of anilines is 1. The summed E-state index contributed by atoms with van der Waals surface area (Å²) in [5.74, 6) is 2.50. The summed E-state index contributed by atoms with van der Waals surface area (Å²) in [6.07, 6.45) is 3.82. The minimum Gasteiger partial charge on any atom is -0.489 e. The van der Waals surface area contributed by atoms with Crippen LogP contribution in [0, 0.1) is 11.8 Å². The van der Waals surface area contributed by atoms with Crippen molar-refractivity contribution in [2.75, 3.05) is 18.5 Å². The quantitative estimate of drug-likeness (QED) is 0.425. The van der Waals surface area contributed by atoms with Crippen molar-refractivity contribution in [3.05, 3.63) is 83.9 Å². The monoisotopic (exact) mass is 399 g/mol. The average molecular weight is 400 g/mol. The summed E-state index contributed by atoms with van der Waals surface area (Å²) in [7, 11) is 2.21. The van der Waals surface area contributed by atoms with Gasteiger partial charge >= 0.3 is 0 Å². The fraction of sp³-hybridized carbons (Fsp3) is 0.357. The molecule has 1 aliphatic heterocycles. The Balaban J connectivity index is 1.38. The summed E-state index contributed by atoms with van der Waals surface area (Å²) < 4.78 is 6.13. The van der Waals surface area contributed by atoms with E-state index in [0.29, 0.717) is 6.61 Å². The molecule has 3 aromatic carbocycles. The summed E-state index contributed by atoms with van der Waals surface area (Å²) in [5.41, 5.74) is 6.45. The molecule has 3 aromatic rings. The zero-order valence-electron chi connectivity index (χ0n) is 18.5. The van der Waals surface area contributed by atoms with E-state index in [0.717, 1.165) is 24.1 Å². The van der Waals surface area contributed by atoms with Crippen LogP contribution in [0.25, 0.3) is 11.1 Å². The van der Waals surface area contributed by atoms with Crippen LogP contribution in [0.3, 0.4) is 0 Å². The van der Waals surface area contributed by atoms with Gasteiger partial charge in [-0.25, -0.2) is 0 Å². The van der Waals surface area contributed by atoms with Crippen LogP contribution in [-0.4, -0.2) is 13.6 Å². The lowest BCUT2D eigenvalue weighted by Crippen LogP contribution is -2.32. The molecule has 4 rings (SSSR count). The van der Waals surface area contributed by atoms with Gasteiger partial charge in [-0.3, -0.25) is 0 Å². The Morgan fingerprint density at radius 1 is 0.933 bits per heavy atom. The molecule has 2 heteroatoms. The van der Waals surface area contributed by atoms with Gasteiger partial charge < -0.3 is 9.64 Å². The number of hydrogen-bond acceptors (Lipinski definition) is 2. The van der Waals surface area contributed by atoms with Crippen molar-refractivity contribution in [2.24, 2.45) is 11.8 Å². The Kier molecular flexibility index (Phi) is 6.42. The van der Waals surface area contributed by atoms with Crippen LogP contribution in [0.4, 0.5) is 5.69 Å². The van der Waals surface area contributed by atoms with E-state index in [4.69, 9.17) is 4.74 Å². The van der Waals surface area contributed by atoms with Gasteiger partial charge in [0.1, 0.15) is 12.4 Å². The van der Waals surface area contributed by atoms with Crippen LogP contribution in [0.15, 0.2) is 72.8 Å². The van der Waals surface area contributed by atoms with Crippen LogP contribution in [0.2, 0.25) is 0 Å². The van der Waals surface area contributed by atoms with Gasteiger partial charge in [0.15, 0.2) is 0 Å². The number of ether oxygens (including phenoxy) is 1. The van der Waals surface area contributed by atoms with Gasteiger partial charge in [0.25, 0.3) is 0 Å². The van der Waals surface area contributed by atoms with Crippen molar-refractivity contribution in [3.8, 4) is 16.9 Å². The third-order valence-corrected chi connectivity index (χ3v) is 6.13. The molecule has 0 aliphatic carbocycles. The van der Waals surface area contributed by atoms with Crippen LogP contribution in [0.1, 0.15) is 37.8 Å². The van der Waals surface area contributed by atoms with Crippen LogP contribution in [-0.2, 0) is 13.0 Å². The lowest BCUT2D eigenvalue weighted by molar-refractivity contribution is 0.306. The molecule has 0 radical (unpaired) electrons. The molecule has 1 heterocycles. The molecule has 1 unspecified atom stereocenters. The first kappa shape index (κ1) is 20.5. The predicted molar refractivity (Wildman–Crippen MR) is 127 cm³/mol. The summed E-state index contributed by atoms with van der Waals surface area (Å²) in [6.45, 7) is 6.37. The van der Waals surface area contributed by atoms with Gasteiger partial charge in [0.2, 0.25) is 0 Å². The van der Waals surface area contributed by atoms with Crippen LogP contribution in [0.5, 0.6) is 5.75 Å². The van der Waals surface area contributed by atoms with Crippen LogP contribution >= 0.6 is 0 Å². The van der Waals surface area contributed by atoms with Gasteiger partial charge in [0.05, 0.1) is 0 Å². The van der Waals surface area contributed by atoms with E-state index in [1.165, 1.54) is 47.2 Å². The smallest absolute Gasteiger partial charge is 0.121 e. The van der Waals surface area contributed by atoms with E-state index in [2.05, 4.69) is 92.5 Å². The van der Waals surface area contributed by atoms with Crippen molar-refractivity contribution in [2.45, 2.75) is 39.7 Å². The third-order valence-electron chi connectivity index (χ3n) is 6.13. The maximum Gasteiger partial charge on any atom is 0.121 e. The molecule has 1 atom stereocenters. The molecule has 0 aromatic heterocycles. The minimum atomic E-state index is 0.592. The molecule has 1 aliphatic rings. The Morgan fingerprint density at radius 3 is 2.40 bits per heavy atom. The first-order valence-electron chi connectivity index (χ1n) is 11.2. The zero-order valence-corrected chi connectivity index (χ0v) is 18.5. The zero-order chi connectivity index (χ0) is 20.9.